The third kappa shape index (κ3) is 5.72. The van der Waals surface area contributed by atoms with Crippen molar-refractivity contribution in [2.45, 2.75) is 26.1 Å². The molecular formula is C11H17F3N6. The van der Waals surface area contributed by atoms with E-state index in [0.29, 0.717) is 6.54 Å². The lowest BCUT2D eigenvalue weighted by atomic mass is 10.4. The summed E-state index contributed by atoms with van der Waals surface area (Å²) in [6, 6.07) is 0.979. The normalized spacial score (nSPS) is 12.6. The maximum Gasteiger partial charge on any atom is 0.433 e. The van der Waals surface area contributed by atoms with Gasteiger partial charge in [0.1, 0.15) is 5.69 Å². The molecule has 4 N–H and O–H groups in total. The summed E-state index contributed by atoms with van der Waals surface area (Å²) in [6.45, 7) is 4.40. The molecule has 9 heteroatoms. The molecule has 1 heterocycles. The molecule has 1 aromatic rings. The SMILES string of the molecule is CC(C)NC(N)=NCCNc1nccc(C(F)(F)F)n1. The molecule has 0 unspecified atom stereocenters. The van der Waals surface area contributed by atoms with Crippen LogP contribution in [-0.4, -0.2) is 35.1 Å². The third-order valence-electron chi connectivity index (χ3n) is 2.06. The summed E-state index contributed by atoms with van der Waals surface area (Å²) in [5.74, 6) is 0.192. The van der Waals surface area contributed by atoms with Crippen LogP contribution in [0.2, 0.25) is 0 Å². The van der Waals surface area contributed by atoms with Crippen LogP contribution >= 0.6 is 0 Å². The van der Waals surface area contributed by atoms with Gasteiger partial charge in [0.25, 0.3) is 0 Å². The lowest BCUT2D eigenvalue weighted by Gasteiger charge is -2.09. The zero-order valence-electron chi connectivity index (χ0n) is 11.2. The summed E-state index contributed by atoms with van der Waals surface area (Å²) < 4.78 is 37.3. The molecule has 20 heavy (non-hydrogen) atoms. The minimum Gasteiger partial charge on any atom is -0.370 e. The van der Waals surface area contributed by atoms with E-state index in [1.807, 2.05) is 13.8 Å². The molecule has 0 spiro atoms. The first-order valence-electron chi connectivity index (χ1n) is 5.99. The van der Waals surface area contributed by atoms with E-state index in [-0.39, 0.29) is 24.5 Å². The molecule has 6 nitrogen and oxygen atoms in total. The zero-order chi connectivity index (χ0) is 15.2. The summed E-state index contributed by atoms with van der Waals surface area (Å²) in [4.78, 5) is 11.1. The van der Waals surface area contributed by atoms with Gasteiger partial charge >= 0.3 is 6.18 Å². The smallest absolute Gasteiger partial charge is 0.370 e. The Morgan fingerprint density at radius 2 is 2.15 bits per heavy atom. The molecule has 0 radical (unpaired) electrons. The molecule has 0 atom stereocenters. The summed E-state index contributed by atoms with van der Waals surface area (Å²) >= 11 is 0. The Morgan fingerprint density at radius 3 is 2.75 bits per heavy atom. The van der Waals surface area contributed by atoms with Crippen LogP contribution in [0.3, 0.4) is 0 Å². The van der Waals surface area contributed by atoms with Gasteiger partial charge in [-0.25, -0.2) is 9.97 Å². The fourth-order valence-electron chi connectivity index (χ4n) is 1.29. The fraction of sp³-hybridized carbons (Fsp3) is 0.545. The molecule has 0 saturated carbocycles. The van der Waals surface area contributed by atoms with E-state index in [1.165, 1.54) is 0 Å². The Bertz CT molecular complexity index is 458. The van der Waals surface area contributed by atoms with Gasteiger partial charge in [-0.15, -0.1) is 0 Å². The molecule has 0 aromatic carbocycles. The van der Waals surface area contributed by atoms with Crippen LogP contribution in [0.15, 0.2) is 17.3 Å². The molecular weight excluding hydrogens is 273 g/mol. The van der Waals surface area contributed by atoms with E-state index in [1.54, 1.807) is 0 Å². The summed E-state index contributed by atoms with van der Waals surface area (Å²) in [7, 11) is 0. The monoisotopic (exact) mass is 290 g/mol. The quantitative estimate of drug-likeness (QED) is 0.431. The van der Waals surface area contributed by atoms with E-state index in [4.69, 9.17) is 5.73 Å². The van der Waals surface area contributed by atoms with E-state index in [0.717, 1.165) is 12.3 Å². The Balaban J connectivity index is 2.47. The van der Waals surface area contributed by atoms with Gasteiger partial charge < -0.3 is 16.4 Å². The third-order valence-corrected chi connectivity index (χ3v) is 2.06. The second-order valence-corrected chi connectivity index (χ2v) is 4.26. The fourth-order valence-corrected chi connectivity index (χ4v) is 1.29. The maximum atomic E-state index is 12.4. The second-order valence-electron chi connectivity index (χ2n) is 4.26. The van der Waals surface area contributed by atoms with Crippen molar-refractivity contribution in [1.82, 2.24) is 15.3 Å². The van der Waals surface area contributed by atoms with E-state index < -0.39 is 11.9 Å². The van der Waals surface area contributed by atoms with Crippen molar-refractivity contribution in [3.63, 3.8) is 0 Å². The average Bonchev–Trinajstić information content (AvgIpc) is 2.33. The number of anilines is 1. The topological polar surface area (TPSA) is 88.2 Å². The molecule has 1 aromatic heterocycles. The molecule has 0 saturated heterocycles. The lowest BCUT2D eigenvalue weighted by Crippen LogP contribution is -2.37. The molecule has 0 aliphatic carbocycles. The highest BCUT2D eigenvalue weighted by atomic mass is 19.4. The van der Waals surface area contributed by atoms with E-state index >= 15 is 0 Å². The molecule has 0 aliphatic heterocycles. The first-order valence-corrected chi connectivity index (χ1v) is 5.99. The minimum absolute atomic E-state index is 0.0922. The Labute approximate surface area is 114 Å². The standard InChI is InChI=1S/C11H17F3N6/c1-7(2)19-9(15)16-5-6-18-10-17-4-3-8(20-10)11(12,13)14/h3-4,7H,5-6H2,1-2H3,(H3,15,16,19)(H,17,18,20). The van der Waals surface area contributed by atoms with Crippen molar-refractivity contribution in [2.24, 2.45) is 10.7 Å². The summed E-state index contributed by atoms with van der Waals surface area (Å²) in [6.07, 6.45) is -3.43. The molecule has 0 bridgehead atoms. The van der Waals surface area contributed by atoms with Crippen molar-refractivity contribution in [3.05, 3.63) is 18.0 Å². The van der Waals surface area contributed by atoms with Crippen LogP contribution in [0.4, 0.5) is 19.1 Å². The molecule has 1 rings (SSSR count). The van der Waals surface area contributed by atoms with Gasteiger partial charge in [0, 0.05) is 18.8 Å². The van der Waals surface area contributed by atoms with Gasteiger partial charge in [-0.2, -0.15) is 13.2 Å². The van der Waals surface area contributed by atoms with Gasteiger partial charge in [-0.3, -0.25) is 4.99 Å². The molecule has 0 fully saturated rings. The highest BCUT2D eigenvalue weighted by Crippen LogP contribution is 2.27. The number of guanidine groups is 1. The Kier molecular flexibility index (Phi) is 5.53. The lowest BCUT2D eigenvalue weighted by molar-refractivity contribution is -0.141. The maximum absolute atomic E-state index is 12.4. The van der Waals surface area contributed by atoms with Crippen LogP contribution in [0, 0.1) is 0 Å². The van der Waals surface area contributed by atoms with E-state index in [9.17, 15) is 13.2 Å². The number of rotatable bonds is 5. The Morgan fingerprint density at radius 1 is 1.45 bits per heavy atom. The first-order chi connectivity index (χ1) is 9.29. The van der Waals surface area contributed by atoms with Crippen molar-refractivity contribution >= 4 is 11.9 Å². The molecule has 0 aliphatic rings. The highest BCUT2D eigenvalue weighted by Gasteiger charge is 2.32. The minimum atomic E-state index is -4.48. The highest BCUT2D eigenvalue weighted by molar-refractivity contribution is 5.78. The average molecular weight is 290 g/mol. The van der Waals surface area contributed by atoms with Crippen LogP contribution in [0.1, 0.15) is 19.5 Å². The van der Waals surface area contributed by atoms with Gasteiger partial charge in [-0.1, -0.05) is 0 Å². The van der Waals surface area contributed by atoms with Crippen LogP contribution < -0.4 is 16.4 Å². The number of nitrogens with one attached hydrogen (secondary N) is 2. The second kappa shape index (κ2) is 6.92. The van der Waals surface area contributed by atoms with Crippen LogP contribution in [-0.2, 0) is 6.18 Å². The van der Waals surface area contributed by atoms with Gasteiger partial charge in [0.2, 0.25) is 5.95 Å². The predicted molar refractivity (Wildman–Crippen MR) is 70.3 cm³/mol. The zero-order valence-corrected chi connectivity index (χ0v) is 11.2. The van der Waals surface area contributed by atoms with Crippen molar-refractivity contribution in [1.29, 1.82) is 0 Å². The predicted octanol–water partition coefficient (Wildman–Crippen LogP) is 1.22. The van der Waals surface area contributed by atoms with Crippen LogP contribution in [0.25, 0.3) is 0 Å². The number of aromatic nitrogens is 2. The van der Waals surface area contributed by atoms with Crippen molar-refractivity contribution in [2.75, 3.05) is 18.4 Å². The van der Waals surface area contributed by atoms with Crippen LogP contribution in [0.5, 0.6) is 0 Å². The molecule has 0 amide bonds. The number of nitrogens with zero attached hydrogens (tertiary/aromatic N) is 3. The number of hydrogen-bond acceptors (Lipinski definition) is 4. The number of halogens is 3. The summed E-state index contributed by atoms with van der Waals surface area (Å²) in [5, 5.41) is 5.54. The van der Waals surface area contributed by atoms with Crippen molar-refractivity contribution < 1.29 is 13.2 Å². The number of aliphatic imine (C=N–C) groups is 1. The van der Waals surface area contributed by atoms with Gasteiger partial charge in [0.05, 0.1) is 6.54 Å². The number of alkyl halides is 3. The van der Waals surface area contributed by atoms with Gasteiger partial charge in [0.15, 0.2) is 5.96 Å². The van der Waals surface area contributed by atoms with Crippen molar-refractivity contribution in [3.8, 4) is 0 Å². The number of hydrogen-bond donors (Lipinski definition) is 3. The van der Waals surface area contributed by atoms with E-state index in [2.05, 4.69) is 25.6 Å². The molecule has 112 valence electrons. The largest absolute Gasteiger partial charge is 0.433 e. The number of nitrogens with two attached hydrogens (primary N) is 1. The summed E-state index contributed by atoms with van der Waals surface area (Å²) in [5.41, 5.74) is 4.58. The van der Waals surface area contributed by atoms with Gasteiger partial charge in [-0.05, 0) is 19.9 Å². The first kappa shape index (κ1) is 16.0. The Hall–Kier alpha value is -2.06.